The lowest BCUT2D eigenvalue weighted by molar-refractivity contribution is 0.681. The Hall–Kier alpha value is -2.56. The third kappa shape index (κ3) is 2.28. The molecule has 0 bridgehead atoms. The second kappa shape index (κ2) is 6.05. The number of rotatable bonds is 5. The van der Waals surface area contributed by atoms with E-state index in [2.05, 4.69) is 11.1 Å². The van der Waals surface area contributed by atoms with Gasteiger partial charge in [-0.05, 0) is 13.8 Å². The number of nitriles is 1. The average molecular weight is 304 g/mol. The Labute approximate surface area is 127 Å². The molecule has 0 amide bonds. The molecule has 118 valence electrons. The van der Waals surface area contributed by atoms with Crippen LogP contribution in [0, 0.1) is 11.3 Å². The Bertz CT molecular complexity index is 847. The summed E-state index contributed by atoms with van der Waals surface area (Å²) in [5.41, 5.74) is -0.0786. The molecule has 0 saturated carbocycles. The van der Waals surface area contributed by atoms with Crippen LogP contribution in [0.2, 0.25) is 0 Å². The zero-order chi connectivity index (χ0) is 16.4. The normalized spacial score (nSPS) is 10.9. The Morgan fingerprint density at radius 3 is 2.36 bits per heavy atom. The van der Waals surface area contributed by atoms with Crippen molar-refractivity contribution < 1.29 is 0 Å². The Morgan fingerprint density at radius 1 is 1.18 bits per heavy atom. The van der Waals surface area contributed by atoms with Crippen molar-refractivity contribution in [2.45, 2.75) is 26.8 Å². The highest BCUT2D eigenvalue weighted by atomic mass is 16.2. The fourth-order valence-electron chi connectivity index (χ4n) is 2.56. The highest BCUT2D eigenvalue weighted by molar-refractivity contribution is 5.74. The van der Waals surface area contributed by atoms with E-state index >= 15 is 0 Å². The van der Waals surface area contributed by atoms with Gasteiger partial charge in [-0.2, -0.15) is 10.2 Å². The van der Waals surface area contributed by atoms with E-state index in [9.17, 15) is 9.59 Å². The zero-order valence-electron chi connectivity index (χ0n) is 13.3. The molecule has 0 unspecified atom stereocenters. The van der Waals surface area contributed by atoms with Crippen molar-refractivity contribution in [3.05, 3.63) is 20.8 Å². The maximum Gasteiger partial charge on any atom is 0.332 e. The van der Waals surface area contributed by atoms with Crippen LogP contribution in [0.1, 0.15) is 20.3 Å². The van der Waals surface area contributed by atoms with Crippen LogP contribution in [-0.4, -0.2) is 31.8 Å². The second-order valence-electron chi connectivity index (χ2n) is 5.02. The summed E-state index contributed by atoms with van der Waals surface area (Å²) in [6.07, 6.45) is 0.270. The Balaban J connectivity index is 2.90. The van der Waals surface area contributed by atoms with Crippen molar-refractivity contribution in [1.29, 1.82) is 5.26 Å². The molecule has 0 saturated heterocycles. The quantitative estimate of drug-likeness (QED) is 0.787. The molecule has 8 nitrogen and oxygen atoms in total. The topological polar surface area (TPSA) is 88.8 Å². The molecule has 0 spiro atoms. The van der Waals surface area contributed by atoms with Gasteiger partial charge in [0, 0.05) is 33.7 Å². The van der Waals surface area contributed by atoms with Gasteiger partial charge in [0.25, 0.3) is 5.56 Å². The third-order valence-corrected chi connectivity index (χ3v) is 3.82. The van der Waals surface area contributed by atoms with E-state index in [1.807, 2.05) is 18.7 Å². The Kier molecular flexibility index (Phi) is 4.35. The van der Waals surface area contributed by atoms with Gasteiger partial charge in [-0.3, -0.25) is 13.9 Å². The third-order valence-electron chi connectivity index (χ3n) is 3.82. The number of aromatic nitrogens is 4. The number of imidazole rings is 1. The van der Waals surface area contributed by atoms with Crippen molar-refractivity contribution >= 4 is 17.1 Å². The van der Waals surface area contributed by atoms with Gasteiger partial charge < -0.3 is 9.47 Å². The van der Waals surface area contributed by atoms with Gasteiger partial charge >= 0.3 is 5.69 Å². The van der Waals surface area contributed by atoms with E-state index < -0.39 is 5.69 Å². The minimum atomic E-state index is -0.409. The SMILES string of the molecule is CCN(CC)c1nc2c(c(=O)n(C)c(=O)n2C)n1CCC#N. The average Bonchev–Trinajstić information content (AvgIpc) is 2.89. The van der Waals surface area contributed by atoms with Gasteiger partial charge in [-0.25, -0.2) is 4.79 Å². The smallest absolute Gasteiger partial charge is 0.332 e. The van der Waals surface area contributed by atoms with E-state index in [1.54, 1.807) is 11.6 Å². The number of anilines is 1. The zero-order valence-corrected chi connectivity index (χ0v) is 13.3. The summed E-state index contributed by atoms with van der Waals surface area (Å²) < 4.78 is 4.18. The maximum absolute atomic E-state index is 12.5. The van der Waals surface area contributed by atoms with E-state index in [1.165, 1.54) is 11.6 Å². The molecule has 0 aliphatic carbocycles. The van der Waals surface area contributed by atoms with Gasteiger partial charge in [0.2, 0.25) is 5.95 Å². The molecule has 2 aromatic rings. The van der Waals surface area contributed by atoms with Crippen molar-refractivity contribution in [1.82, 2.24) is 18.7 Å². The summed E-state index contributed by atoms with van der Waals surface area (Å²) in [4.78, 5) is 31.0. The number of hydrogen-bond donors (Lipinski definition) is 0. The first-order valence-electron chi connectivity index (χ1n) is 7.26. The largest absolute Gasteiger partial charge is 0.343 e. The van der Waals surface area contributed by atoms with Crippen LogP contribution in [-0.2, 0) is 20.6 Å². The molecule has 0 atom stereocenters. The molecule has 0 aromatic carbocycles. The summed E-state index contributed by atoms with van der Waals surface area (Å²) in [7, 11) is 3.04. The lowest BCUT2D eigenvalue weighted by atomic mass is 10.4. The van der Waals surface area contributed by atoms with E-state index in [-0.39, 0.29) is 12.0 Å². The van der Waals surface area contributed by atoms with Crippen molar-refractivity contribution in [3.63, 3.8) is 0 Å². The van der Waals surface area contributed by atoms with Crippen LogP contribution in [0.15, 0.2) is 9.59 Å². The summed E-state index contributed by atoms with van der Waals surface area (Å²) in [5.74, 6) is 0.619. The maximum atomic E-state index is 12.5. The molecule has 0 fully saturated rings. The van der Waals surface area contributed by atoms with E-state index in [4.69, 9.17) is 5.26 Å². The molecule has 0 radical (unpaired) electrons. The molecule has 0 aliphatic heterocycles. The second-order valence-corrected chi connectivity index (χ2v) is 5.02. The first kappa shape index (κ1) is 15.8. The highest BCUT2D eigenvalue weighted by Gasteiger charge is 2.21. The van der Waals surface area contributed by atoms with Crippen LogP contribution in [0.4, 0.5) is 5.95 Å². The van der Waals surface area contributed by atoms with Crippen molar-refractivity contribution in [3.8, 4) is 6.07 Å². The minimum Gasteiger partial charge on any atom is -0.343 e. The first-order valence-corrected chi connectivity index (χ1v) is 7.26. The summed E-state index contributed by atoms with van der Waals surface area (Å²) in [6, 6.07) is 2.09. The fraction of sp³-hybridized carbons (Fsp3) is 0.571. The van der Waals surface area contributed by atoms with Crippen molar-refractivity contribution in [2.24, 2.45) is 14.1 Å². The monoisotopic (exact) mass is 304 g/mol. The van der Waals surface area contributed by atoms with Crippen LogP contribution < -0.4 is 16.1 Å². The number of nitrogens with zero attached hydrogens (tertiary/aromatic N) is 6. The van der Waals surface area contributed by atoms with Crippen LogP contribution in [0.3, 0.4) is 0 Å². The minimum absolute atomic E-state index is 0.270. The summed E-state index contributed by atoms with van der Waals surface area (Å²) in [5, 5.41) is 8.87. The molecule has 0 N–H and O–H groups in total. The van der Waals surface area contributed by atoms with Gasteiger partial charge in [-0.15, -0.1) is 0 Å². The number of aryl methyl sites for hydroxylation is 2. The summed E-state index contributed by atoms with van der Waals surface area (Å²) >= 11 is 0. The van der Waals surface area contributed by atoms with E-state index in [0.717, 1.165) is 17.7 Å². The fourth-order valence-corrected chi connectivity index (χ4v) is 2.56. The first-order chi connectivity index (χ1) is 10.5. The lowest BCUT2D eigenvalue weighted by Crippen LogP contribution is -2.37. The highest BCUT2D eigenvalue weighted by Crippen LogP contribution is 2.19. The molecule has 2 aromatic heterocycles. The molecular formula is C14H20N6O2. The van der Waals surface area contributed by atoms with Gasteiger partial charge in [-0.1, -0.05) is 0 Å². The standard InChI is InChI=1S/C14H20N6O2/c1-5-19(6-2)13-16-11-10(20(13)9-7-8-15)12(21)18(4)14(22)17(11)3/h5-7,9H2,1-4H3. The van der Waals surface area contributed by atoms with Crippen molar-refractivity contribution in [2.75, 3.05) is 18.0 Å². The molecule has 2 heterocycles. The van der Waals surface area contributed by atoms with Gasteiger partial charge in [0.05, 0.1) is 12.5 Å². The predicted octanol–water partition coefficient (Wildman–Crippen LogP) is 0.194. The molecule has 8 heteroatoms. The lowest BCUT2D eigenvalue weighted by Gasteiger charge is -2.20. The number of hydrogen-bond acceptors (Lipinski definition) is 5. The van der Waals surface area contributed by atoms with Gasteiger partial charge in [0.15, 0.2) is 11.2 Å². The molecule has 2 rings (SSSR count). The number of fused-ring (bicyclic) bond motifs is 1. The predicted molar refractivity (Wildman–Crippen MR) is 84.0 cm³/mol. The van der Waals surface area contributed by atoms with Crippen LogP contribution in [0.5, 0.6) is 0 Å². The molecule has 22 heavy (non-hydrogen) atoms. The van der Waals surface area contributed by atoms with Crippen LogP contribution >= 0.6 is 0 Å². The van der Waals surface area contributed by atoms with Gasteiger partial charge in [0.1, 0.15) is 0 Å². The van der Waals surface area contributed by atoms with E-state index in [0.29, 0.717) is 23.7 Å². The van der Waals surface area contributed by atoms with Crippen LogP contribution in [0.25, 0.3) is 11.2 Å². The Morgan fingerprint density at radius 2 is 1.82 bits per heavy atom. The summed E-state index contributed by atoms with van der Waals surface area (Å²) in [6.45, 7) is 5.80. The molecule has 0 aliphatic rings. The molecular weight excluding hydrogens is 284 g/mol.